The highest BCUT2D eigenvalue weighted by atomic mass is 32.2. The van der Waals surface area contributed by atoms with Gasteiger partial charge in [-0.2, -0.15) is 5.10 Å². The van der Waals surface area contributed by atoms with Gasteiger partial charge in [0.2, 0.25) is 10.0 Å². The van der Waals surface area contributed by atoms with Crippen LogP contribution in [0.4, 0.5) is 10.5 Å². The molecule has 140 valence electrons. The third kappa shape index (κ3) is 4.03. The van der Waals surface area contributed by atoms with Crippen LogP contribution in [-0.4, -0.2) is 35.4 Å². The van der Waals surface area contributed by atoms with Gasteiger partial charge in [-0.1, -0.05) is 0 Å². The molecular formula is C16H21N5O4S. The normalized spacial score (nSPS) is 21.0. The summed E-state index contributed by atoms with van der Waals surface area (Å²) in [6.45, 7) is 0. The molecule has 1 aliphatic carbocycles. The maximum absolute atomic E-state index is 12.8. The van der Waals surface area contributed by atoms with Crippen LogP contribution < -0.4 is 15.8 Å². The van der Waals surface area contributed by atoms with Crippen molar-refractivity contribution in [3.05, 3.63) is 42.2 Å². The summed E-state index contributed by atoms with van der Waals surface area (Å²) in [5.41, 5.74) is 6.19. The Balaban J connectivity index is 1.81. The molecule has 1 atom stereocenters. The van der Waals surface area contributed by atoms with E-state index in [1.54, 1.807) is 24.1 Å². The second kappa shape index (κ2) is 7.06. The number of aryl methyl sites for hydroxylation is 1. The number of aliphatic hydroxyl groups is 1. The number of aliphatic hydroxyl groups excluding tert-OH is 1. The van der Waals surface area contributed by atoms with Crippen molar-refractivity contribution in [2.45, 2.75) is 29.9 Å². The van der Waals surface area contributed by atoms with E-state index in [0.29, 0.717) is 18.5 Å². The van der Waals surface area contributed by atoms with Gasteiger partial charge in [-0.05, 0) is 43.0 Å². The highest BCUT2D eigenvalue weighted by Crippen LogP contribution is 2.38. The minimum absolute atomic E-state index is 0.000207. The molecule has 2 amide bonds. The van der Waals surface area contributed by atoms with Crippen molar-refractivity contribution in [3.63, 3.8) is 0 Å². The van der Waals surface area contributed by atoms with Gasteiger partial charge in [-0.3, -0.25) is 4.68 Å². The standard InChI is InChI=1S/C16H21N5O4S/c1-21-9-11(8-18-21)15(10-6-13(22)7-10)20-26(24,25)14-4-2-12(3-5-14)19-16(17)23/h2-5,8-10,13,15,20,22H,6-7H2,1H3,(H3,17,19,23). The average molecular weight is 379 g/mol. The topological polar surface area (TPSA) is 139 Å². The predicted molar refractivity (Wildman–Crippen MR) is 94.6 cm³/mol. The van der Waals surface area contributed by atoms with E-state index in [-0.39, 0.29) is 10.8 Å². The highest BCUT2D eigenvalue weighted by molar-refractivity contribution is 7.89. The van der Waals surface area contributed by atoms with Crippen LogP contribution in [0.25, 0.3) is 0 Å². The first-order valence-corrected chi connectivity index (χ1v) is 9.58. The van der Waals surface area contributed by atoms with Crippen LogP contribution in [0, 0.1) is 5.92 Å². The third-order valence-electron chi connectivity index (χ3n) is 4.42. The van der Waals surface area contributed by atoms with Gasteiger partial charge >= 0.3 is 6.03 Å². The number of amides is 2. The Morgan fingerprint density at radius 1 is 1.35 bits per heavy atom. The molecule has 1 aromatic heterocycles. The van der Waals surface area contributed by atoms with E-state index in [0.717, 1.165) is 5.56 Å². The van der Waals surface area contributed by atoms with Gasteiger partial charge in [-0.15, -0.1) is 0 Å². The number of hydrogen-bond donors (Lipinski definition) is 4. The zero-order valence-electron chi connectivity index (χ0n) is 14.2. The monoisotopic (exact) mass is 379 g/mol. The number of hydrogen-bond acceptors (Lipinski definition) is 5. The summed E-state index contributed by atoms with van der Waals surface area (Å²) in [4.78, 5) is 10.9. The average Bonchev–Trinajstić information content (AvgIpc) is 2.96. The van der Waals surface area contributed by atoms with Crippen LogP contribution in [0.5, 0.6) is 0 Å². The van der Waals surface area contributed by atoms with Gasteiger partial charge in [0.15, 0.2) is 0 Å². The van der Waals surface area contributed by atoms with E-state index in [9.17, 15) is 18.3 Å². The molecule has 1 aromatic carbocycles. The van der Waals surface area contributed by atoms with E-state index in [1.165, 1.54) is 24.3 Å². The van der Waals surface area contributed by atoms with Crippen molar-refractivity contribution in [2.75, 3.05) is 5.32 Å². The van der Waals surface area contributed by atoms with Crippen LogP contribution in [0.3, 0.4) is 0 Å². The van der Waals surface area contributed by atoms with Gasteiger partial charge in [-0.25, -0.2) is 17.9 Å². The molecule has 0 saturated heterocycles. The Kier molecular flexibility index (Phi) is 4.99. The molecule has 9 nitrogen and oxygen atoms in total. The Morgan fingerprint density at radius 3 is 2.50 bits per heavy atom. The SMILES string of the molecule is Cn1cc(C(NS(=O)(=O)c2ccc(NC(N)=O)cc2)C2CC(O)C2)cn1. The molecule has 1 heterocycles. The molecular weight excluding hydrogens is 358 g/mol. The summed E-state index contributed by atoms with van der Waals surface area (Å²) < 4.78 is 29.9. The number of urea groups is 1. The first kappa shape index (κ1) is 18.4. The molecule has 5 N–H and O–H groups in total. The van der Waals surface area contributed by atoms with Crippen LogP contribution in [0.15, 0.2) is 41.6 Å². The number of anilines is 1. The summed E-state index contributed by atoms with van der Waals surface area (Å²) in [5, 5.41) is 16.1. The quantitative estimate of drug-likeness (QED) is 0.585. The maximum atomic E-state index is 12.8. The lowest BCUT2D eigenvalue weighted by molar-refractivity contribution is 0.0280. The molecule has 1 aliphatic rings. The Morgan fingerprint density at radius 2 is 2.00 bits per heavy atom. The third-order valence-corrected chi connectivity index (χ3v) is 5.88. The van der Waals surface area contributed by atoms with E-state index in [4.69, 9.17) is 5.73 Å². The van der Waals surface area contributed by atoms with Gasteiger partial charge in [0, 0.05) is 24.5 Å². The number of benzene rings is 1. The lowest BCUT2D eigenvalue weighted by atomic mass is 9.76. The Labute approximate surface area is 151 Å². The van der Waals surface area contributed by atoms with Gasteiger partial charge in [0.1, 0.15) is 0 Å². The van der Waals surface area contributed by atoms with Crippen molar-refractivity contribution >= 4 is 21.7 Å². The zero-order valence-corrected chi connectivity index (χ0v) is 15.0. The second-order valence-corrected chi connectivity index (χ2v) is 8.16. The van der Waals surface area contributed by atoms with Gasteiger partial charge in [0.25, 0.3) is 0 Å². The molecule has 26 heavy (non-hydrogen) atoms. The minimum Gasteiger partial charge on any atom is -0.393 e. The number of nitrogens with zero attached hydrogens (tertiary/aromatic N) is 2. The maximum Gasteiger partial charge on any atom is 0.316 e. The molecule has 1 unspecified atom stereocenters. The number of primary amides is 1. The fourth-order valence-electron chi connectivity index (χ4n) is 3.03. The highest BCUT2D eigenvalue weighted by Gasteiger charge is 2.37. The minimum atomic E-state index is -3.79. The number of rotatable bonds is 6. The first-order valence-electron chi connectivity index (χ1n) is 8.10. The van der Waals surface area contributed by atoms with Crippen molar-refractivity contribution in [1.29, 1.82) is 0 Å². The smallest absolute Gasteiger partial charge is 0.316 e. The number of nitrogens with one attached hydrogen (secondary N) is 2. The van der Waals surface area contributed by atoms with E-state index >= 15 is 0 Å². The van der Waals surface area contributed by atoms with Gasteiger partial charge in [0.05, 0.1) is 23.2 Å². The number of nitrogens with two attached hydrogens (primary N) is 1. The van der Waals surface area contributed by atoms with Crippen molar-refractivity contribution < 1.29 is 18.3 Å². The molecule has 1 fully saturated rings. The van der Waals surface area contributed by atoms with Crippen LogP contribution in [0.2, 0.25) is 0 Å². The second-order valence-electron chi connectivity index (χ2n) is 6.45. The van der Waals surface area contributed by atoms with Crippen LogP contribution >= 0.6 is 0 Å². The fourth-order valence-corrected chi connectivity index (χ4v) is 4.33. The van der Waals surface area contributed by atoms with E-state index in [2.05, 4.69) is 15.1 Å². The van der Waals surface area contributed by atoms with Crippen molar-refractivity contribution in [1.82, 2.24) is 14.5 Å². The number of carbonyl (C=O) groups excluding carboxylic acids is 1. The van der Waals surface area contributed by atoms with E-state index in [1.807, 2.05) is 0 Å². The predicted octanol–water partition coefficient (Wildman–Crippen LogP) is 0.701. The number of carbonyl (C=O) groups is 1. The summed E-state index contributed by atoms with van der Waals surface area (Å²) in [6, 6.07) is 4.52. The molecule has 3 rings (SSSR count). The number of aromatic nitrogens is 2. The zero-order chi connectivity index (χ0) is 18.9. The van der Waals surface area contributed by atoms with Crippen molar-refractivity contribution in [3.8, 4) is 0 Å². The molecule has 0 spiro atoms. The summed E-state index contributed by atoms with van der Waals surface area (Å²) in [5.74, 6) is -0.000207. The summed E-state index contributed by atoms with van der Waals surface area (Å²) >= 11 is 0. The Bertz CT molecular complexity index is 888. The number of sulfonamides is 1. The van der Waals surface area contributed by atoms with Gasteiger partial charge < -0.3 is 16.2 Å². The largest absolute Gasteiger partial charge is 0.393 e. The molecule has 0 aliphatic heterocycles. The fraction of sp³-hybridized carbons (Fsp3) is 0.375. The van der Waals surface area contributed by atoms with Crippen LogP contribution in [0.1, 0.15) is 24.4 Å². The molecule has 2 aromatic rings. The van der Waals surface area contributed by atoms with Crippen molar-refractivity contribution in [2.24, 2.45) is 18.7 Å². The Hall–Kier alpha value is -2.43. The lowest BCUT2D eigenvalue weighted by Gasteiger charge is -2.37. The molecule has 0 bridgehead atoms. The molecule has 1 saturated carbocycles. The van der Waals surface area contributed by atoms with Crippen LogP contribution in [-0.2, 0) is 17.1 Å². The first-order chi connectivity index (χ1) is 12.2. The molecule has 0 radical (unpaired) electrons. The molecule has 10 heteroatoms. The lowest BCUT2D eigenvalue weighted by Crippen LogP contribution is -2.41. The summed E-state index contributed by atoms with van der Waals surface area (Å²) in [6.07, 6.45) is 4.05. The van der Waals surface area contributed by atoms with E-state index < -0.39 is 28.2 Å². The summed E-state index contributed by atoms with van der Waals surface area (Å²) in [7, 11) is -2.04.